The van der Waals surface area contributed by atoms with Gasteiger partial charge in [0.1, 0.15) is 11.7 Å². The molecule has 4 nitrogen and oxygen atoms in total. The van der Waals surface area contributed by atoms with Crippen LogP contribution in [0.4, 0.5) is 11.5 Å². The molecule has 1 aliphatic rings. The highest BCUT2D eigenvalue weighted by atomic mass is 35.5. The van der Waals surface area contributed by atoms with Gasteiger partial charge in [-0.25, -0.2) is 9.98 Å². The van der Waals surface area contributed by atoms with Crippen molar-refractivity contribution in [1.82, 2.24) is 4.98 Å². The van der Waals surface area contributed by atoms with Crippen molar-refractivity contribution in [2.24, 2.45) is 16.6 Å². The number of amidine groups is 1. The Morgan fingerprint density at radius 2 is 1.96 bits per heavy atom. The highest BCUT2D eigenvalue weighted by Gasteiger charge is 2.15. The van der Waals surface area contributed by atoms with Crippen LogP contribution in [-0.4, -0.2) is 17.4 Å². The van der Waals surface area contributed by atoms with Crippen LogP contribution in [0.2, 0.25) is 10.0 Å². The van der Waals surface area contributed by atoms with Gasteiger partial charge in [-0.2, -0.15) is 0 Å². The number of nitrogens with one attached hydrogen (secondary N) is 1. The van der Waals surface area contributed by atoms with Crippen molar-refractivity contribution >= 4 is 40.5 Å². The van der Waals surface area contributed by atoms with Gasteiger partial charge in [-0.1, -0.05) is 42.5 Å². The first-order chi connectivity index (χ1) is 12.1. The minimum atomic E-state index is 0.401. The van der Waals surface area contributed by atoms with Crippen LogP contribution in [0.25, 0.3) is 0 Å². The number of hydrogen-bond acceptors (Lipinski definition) is 3. The molecular formula is C19H22Cl2N4. The van der Waals surface area contributed by atoms with Crippen molar-refractivity contribution in [3.63, 3.8) is 0 Å². The predicted molar refractivity (Wildman–Crippen MR) is 106 cm³/mol. The van der Waals surface area contributed by atoms with Gasteiger partial charge in [0.15, 0.2) is 0 Å². The van der Waals surface area contributed by atoms with Gasteiger partial charge in [-0.15, -0.1) is 0 Å². The minimum absolute atomic E-state index is 0.401. The van der Waals surface area contributed by atoms with Crippen LogP contribution in [0.1, 0.15) is 37.7 Å². The number of rotatable bonds is 5. The molecule has 0 amide bonds. The molecule has 3 N–H and O–H groups in total. The summed E-state index contributed by atoms with van der Waals surface area (Å²) in [7, 11) is 0. The maximum absolute atomic E-state index is 6.22. The first-order valence-electron chi connectivity index (χ1n) is 8.62. The number of nitrogens with two attached hydrogens (primary N) is 1. The van der Waals surface area contributed by atoms with Gasteiger partial charge in [-0.3, -0.25) is 0 Å². The van der Waals surface area contributed by atoms with E-state index in [4.69, 9.17) is 28.9 Å². The summed E-state index contributed by atoms with van der Waals surface area (Å²) in [5.41, 5.74) is 7.68. The Hall–Kier alpha value is -1.78. The topological polar surface area (TPSA) is 63.3 Å². The molecule has 1 heterocycles. The Balaban J connectivity index is 1.76. The first kappa shape index (κ1) is 18.0. The molecule has 1 saturated carbocycles. The first-order valence-corrected chi connectivity index (χ1v) is 9.37. The van der Waals surface area contributed by atoms with Crippen molar-refractivity contribution in [3.05, 3.63) is 52.1 Å². The van der Waals surface area contributed by atoms with Crippen LogP contribution in [-0.2, 0) is 0 Å². The smallest absolute Gasteiger partial charge is 0.136 e. The van der Waals surface area contributed by atoms with Gasteiger partial charge in [0, 0.05) is 12.7 Å². The molecule has 0 atom stereocenters. The summed E-state index contributed by atoms with van der Waals surface area (Å²) < 4.78 is 0. The number of anilines is 1. The third-order valence-corrected chi connectivity index (χ3v) is 5.26. The average molecular weight is 377 g/mol. The summed E-state index contributed by atoms with van der Waals surface area (Å²) in [5.74, 6) is 1.88. The molecule has 0 saturated heterocycles. The van der Waals surface area contributed by atoms with E-state index in [2.05, 4.69) is 15.3 Å². The number of pyridine rings is 1. The number of benzene rings is 1. The third kappa shape index (κ3) is 4.86. The Morgan fingerprint density at radius 1 is 1.16 bits per heavy atom. The number of aromatic nitrogens is 1. The van der Waals surface area contributed by atoms with Gasteiger partial charge in [0.05, 0.1) is 21.3 Å². The summed E-state index contributed by atoms with van der Waals surface area (Å²) in [6, 6.07) is 8.97. The quantitative estimate of drug-likeness (QED) is 0.540. The van der Waals surface area contributed by atoms with Crippen LogP contribution in [0, 0.1) is 5.92 Å². The second kappa shape index (κ2) is 8.54. The minimum Gasteiger partial charge on any atom is -0.383 e. The molecule has 0 radical (unpaired) electrons. The lowest BCUT2D eigenvalue weighted by molar-refractivity contribution is 0.373. The Kier molecular flexibility index (Phi) is 6.16. The van der Waals surface area contributed by atoms with Crippen LogP contribution in [0.15, 0.2) is 41.5 Å². The zero-order valence-electron chi connectivity index (χ0n) is 14.0. The molecule has 1 aliphatic carbocycles. The Bertz CT molecular complexity index is 755. The summed E-state index contributed by atoms with van der Waals surface area (Å²) in [6.07, 6.45) is 8.32. The maximum atomic E-state index is 6.22. The highest BCUT2D eigenvalue weighted by Crippen LogP contribution is 2.27. The molecule has 0 bridgehead atoms. The highest BCUT2D eigenvalue weighted by molar-refractivity contribution is 6.42. The summed E-state index contributed by atoms with van der Waals surface area (Å²) in [4.78, 5) is 8.90. The molecule has 132 valence electrons. The molecule has 0 unspecified atom stereocenters. The lowest BCUT2D eigenvalue weighted by atomic mass is 9.89. The van der Waals surface area contributed by atoms with Crippen LogP contribution in [0.5, 0.6) is 0 Å². The standard InChI is InChI=1S/C19H22Cl2N4/c20-16-9-8-14(11-17(16)21)25-18(22)15-7-4-10-23-19(15)24-12-13-5-2-1-3-6-13/h4,7-11,13H,1-3,5-6,12H2,(H2,22,25)(H,23,24). The summed E-state index contributed by atoms with van der Waals surface area (Å²) in [5, 5.41) is 4.40. The number of halogens is 2. The van der Waals surface area contributed by atoms with E-state index in [0.717, 1.165) is 17.9 Å². The lowest BCUT2D eigenvalue weighted by Crippen LogP contribution is -2.21. The molecular weight excluding hydrogens is 355 g/mol. The number of nitrogens with zero attached hydrogens (tertiary/aromatic N) is 2. The van der Waals surface area contributed by atoms with Crippen molar-refractivity contribution in [3.8, 4) is 0 Å². The molecule has 1 fully saturated rings. The normalized spacial score (nSPS) is 16.0. The fourth-order valence-electron chi connectivity index (χ4n) is 3.14. The van der Waals surface area contributed by atoms with Gasteiger partial charge in [0.25, 0.3) is 0 Å². The molecule has 1 aromatic heterocycles. The number of aliphatic imine (C=N–C) groups is 1. The SMILES string of the molecule is NC(=Nc1ccc(Cl)c(Cl)c1)c1cccnc1NCC1CCCCC1. The monoisotopic (exact) mass is 376 g/mol. The van der Waals surface area contributed by atoms with E-state index in [1.165, 1.54) is 32.1 Å². The van der Waals surface area contributed by atoms with Crippen molar-refractivity contribution in [1.29, 1.82) is 0 Å². The van der Waals surface area contributed by atoms with Gasteiger partial charge in [0.2, 0.25) is 0 Å². The molecule has 6 heteroatoms. The van der Waals surface area contributed by atoms with E-state index in [-0.39, 0.29) is 0 Å². The molecule has 1 aromatic carbocycles. The van der Waals surface area contributed by atoms with E-state index in [0.29, 0.717) is 27.5 Å². The molecule has 0 aliphatic heterocycles. The van der Waals surface area contributed by atoms with Gasteiger partial charge < -0.3 is 11.1 Å². The third-order valence-electron chi connectivity index (χ3n) is 4.52. The largest absolute Gasteiger partial charge is 0.383 e. The number of hydrogen-bond donors (Lipinski definition) is 2. The van der Waals surface area contributed by atoms with E-state index in [9.17, 15) is 0 Å². The molecule has 25 heavy (non-hydrogen) atoms. The van der Waals surface area contributed by atoms with Crippen molar-refractivity contribution in [2.45, 2.75) is 32.1 Å². The van der Waals surface area contributed by atoms with Crippen LogP contribution >= 0.6 is 23.2 Å². The fourth-order valence-corrected chi connectivity index (χ4v) is 3.43. The van der Waals surface area contributed by atoms with E-state index in [1.807, 2.05) is 12.1 Å². The Morgan fingerprint density at radius 3 is 2.72 bits per heavy atom. The molecule has 0 spiro atoms. The van der Waals surface area contributed by atoms with Gasteiger partial charge in [-0.05, 0) is 49.1 Å². The second-order valence-corrected chi connectivity index (χ2v) is 7.19. The van der Waals surface area contributed by atoms with Gasteiger partial charge >= 0.3 is 0 Å². The average Bonchev–Trinajstić information content (AvgIpc) is 2.64. The van der Waals surface area contributed by atoms with Crippen LogP contribution < -0.4 is 11.1 Å². The summed E-state index contributed by atoms with van der Waals surface area (Å²) in [6.45, 7) is 0.921. The molecule has 2 aromatic rings. The predicted octanol–water partition coefficient (Wildman–Crippen LogP) is 5.42. The Labute approximate surface area is 158 Å². The summed E-state index contributed by atoms with van der Waals surface area (Å²) >= 11 is 12.0. The maximum Gasteiger partial charge on any atom is 0.136 e. The van der Waals surface area contributed by atoms with E-state index >= 15 is 0 Å². The fraction of sp³-hybridized carbons (Fsp3) is 0.368. The van der Waals surface area contributed by atoms with E-state index in [1.54, 1.807) is 24.4 Å². The zero-order chi connectivity index (χ0) is 17.6. The van der Waals surface area contributed by atoms with Crippen molar-refractivity contribution < 1.29 is 0 Å². The van der Waals surface area contributed by atoms with Crippen molar-refractivity contribution in [2.75, 3.05) is 11.9 Å². The lowest BCUT2D eigenvalue weighted by Gasteiger charge is -2.22. The van der Waals surface area contributed by atoms with Crippen LogP contribution in [0.3, 0.4) is 0 Å². The second-order valence-electron chi connectivity index (χ2n) is 6.38. The van der Waals surface area contributed by atoms with E-state index < -0.39 is 0 Å². The zero-order valence-corrected chi connectivity index (χ0v) is 15.5. The molecule has 3 rings (SSSR count).